The Labute approximate surface area is 147 Å². The Morgan fingerprint density at radius 3 is 1.13 bits per heavy atom. The Morgan fingerprint density at radius 1 is 0.565 bits per heavy atom. The molecule has 0 amide bonds. The molecule has 1 unspecified atom stereocenters. The fourth-order valence-corrected chi connectivity index (χ4v) is 3.90. The van der Waals surface area contributed by atoms with Gasteiger partial charge in [0, 0.05) is 5.41 Å². The van der Waals surface area contributed by atoms with Gasteiger partial charge in [0.15, 0.2) is 0 Å². The Hall–Kier alpha value is -1.62. The van der Waals surface area contributed by atoms with Gasteiger partial charge in [-0.25, -0.2) is 0 Å². The lowest BCUT2D eigenvalue weighted by atomic mass is 9.68. The summed E-state index contributed by atoms with van der Waals surface area (Å²) < 4.78 is 0. The van der Waals surface area contributed by atoms with Gasteiger partial charge in [0.1, 0.15) is 0 Å². The van der Waals surface area contributed by atoms with Crippen LogP contribution in [0.25, 0.3) is 0 Å². The van der Waals surface area contributed by atoms with Crippen LogP contribution in [0.2, 0.25) is 0 Å². The average Bonchev–Trinajstić information content (AvgIpc) is 2.62. The van der Waals surface area contributed by atoms with Gasteiger partial charge in [-0.05, 0) is 32.4 Å². The smallest absolute Gasteiger partial charge is 0.0541 e. The van der Waals surface area contributed by atoms with Gasteiger partial charge in [-0.3, -0.25) is 0 Å². The molecule has 0 aliphatic carbocycles. The number of hydrogen-bond donors (Lipinski definition) is 0. The maximum atomic E-state index is 2.26. The second-order valence-electron chi connectivity index (χ2n) is 5.61. The number of hydrogen-bond acceptors (Lipinski definition) is 0. The summed E-state index contributed by atoms with van der Waals surface area (Å²) in [6.07, 6.45) is 2.28. The molecule has 2 heteroatoms. The molecule has 0 aromatic heterocycles. The highest BCUT2D eigenvalue weighted by Gasteiger charge is 2.35. The lowest BCUT2D eigenvalue weighted by Gasteiger charge is -2.35. The van der Waals surface area contributed by atoms with E-state index in [9.17, 15) is 0 Å². The van der Waals surface area contributed by atoms with Crippen molar-refractivity contribution in [2.75, 3.05) is 6.16 Å². The molecule has 0 saturated carbocycles. The first kappa shape index (κ1) is 17.7. The minimum atomic E-state index is -0.0640. The summed E-state index contributed by atoms with van der Waals surface area (Å²) in [4.78, 5) is 0. The van der Waals surface area contributed by atoms with Crippen molar-refractivity contribution in [3.8, 4) is 0 Å². The maximum absolute atomic E-state index is 2.26. The topological polar surface area (TPSA) is 0 Å². The van der Waals surface area contributed by atoms with E-state index in [0.29, 0.717) is 0 Å². The van der Waals surface area contributed by atoms with Crippen LogP contribution in [0.5, 0.6) is 0 Å². The van der Waals surface area contributed by atoms with Crippen molar-refractivity contribution in [2.24, 2.45) is 0 Å². The molecule has 0 nitrogen and oxygen atoms in total. The largest absolute Gasteiger partial charge is 1.00 e. The summed E-state index contributed by atoms with van der Waals surface area (Å²) in [5, 5.41) is 0. The zero-order chi connectivity index (χ0) is 15.3. The van der Waals surface area contributed by atoms with Crippen molar-refractivity contribution in [1.29, 1.82) is 0 Å². The van der Waals surface area contributed by atoms with Gasteiger partial charge >= 0.3 is 0 Å². The van der Waals surface area contributed by atoms with Crippen LogP contribution in [0, 0.1) is 0 Å². The first-order chi connectivity index (χ1) is 10.9. The second kappa shape index (κ2) is 8.29. The van der Waals surface area contributed by atoms with Crippen LogP contribution in [0.4, 0.5) is 0 Å². The quantitative estimate of drug-likeness (QED) is 0.492. The van der Waals surface area contributed by atoms with Crippen molar-refractivity contribution in [2.45, 2.75) is 11.8 Å². The van der Waals surface area contributed by atoms with Crippen LogP contribution in [0.15, 0.2) is 91.0 Å². The van der Waals surface area contributed by atoms with Gasteiger partial charge in [-0.1, -0.05) is 91.0 Å². The van der Waals surface area contributed by atoms with Crippen molar-refractivity contribution in [3.63, 3.8) is 0 Å². The molecule has 23 heavy (non-hydrogen) atoms. The van der Waals surface area contributed by atoms with Gasteiger partial charge in [-0.2, -0.15) is 0 Å². The molecule has 3 aromatic rings. The highest BCUT2D eigenvalue weighted by molar-refractivity contribution is 7.16. The molecular formula is C21H22ClP. The third kappa shape index (κ3) is 3.50. The summed E-state index contributed by atoms with van der Waals surface area (Å²) in [6, 6.07) is 32.7. The number of halogens is 1. The minimum absolute atomic E-state index is 0. The molecule has 3 aromatic carbocycles. The first-order valence-corrected chi connectivity index (χ1v) is 8.84. The lowest BCUT2D eigenvalue weighted by Crippen LogP contribution is -3.00. The van der Waals surface area contributed by atoms with E-state index < -0.39 is 0 Å². The molecular weight excluding hydrogens is 319 g/mol. The van der Waals surface area contributed by atoms with E-state index in [1.54, 1.807) is 0 Å². The molecule has 1 atom stereocenters. The predicted octanol–water partition coefficient (Wildman–Crippen LogP) is 2.02. The normalized spacial score (nSPS) is 11.0. The van der Waals surface area contributed by atoms with Crippen molar-refractivity contribution >= 4 is 9.24 Å². The predicted molar refractivity (Wildman–Crippen MR) is 99.8 cm³/mol. The molecule has 0 spiro atoms. The molecule has 3 rings (SSSR count). The van der Waals surface area contributed by atoms with E-state index in [1.807, 2.05) is 0 Å². The highest BCUT2D eigenvalue weighted by atomic mass is 35.5. The monoisotopic (exact) mass is 340 g/mol. The van der Waals surface area contributed by atoms with Gasteiger partial charge in [-0.15, -0.1) is 0 Å². The van der Waals surface area contributed by atoms with Crippen LogP contribution in [-0.2, 0) is 5.41 Å². The van der Waals surface area contributed by atoms with Crippen LogP contribution in [0.3, 0.4) is 0 Å². The first-order valence-electron chi connectivity index (χ1n) is 7.84. The Morgan fingerprint density at radius 2 is 0.870 bits per heavy atom. The third-order valence-electron chi connectivity index (χ3n) is 4.35. The molecule has 0 aliphatic rings. The summed E-state index contributed by atoms with van der Waals surface area (Å²) in [5.41, 5.74) is 4.06. The van der Waals surface area contributed by atoms with E-state index in [1.165, 1.54) is 22.9 Å². The molecule has 0 heterocycles. The fourth-order valence-electron chi connectivity index (χ4n) is 3.37. The number of rotatable bonds is 5. The van der Waals surface area contributed by atoms with E-state index in [0.717, 1.165) is 6.42 Å². The zero-order valence-electron chi connectivity index (χ0n) is 13.2. The minimum Gasteiger partial charge on any atom is -1.00 e. The van der Waals surface area contributed by atoms with Crippen molar-refractivity contribution in [3.05, 3.63) is 108 Å². The zero-order valence-corrected chi connectivity index (χ0v) is 15.3. The maximum Gasteiger partial charge on any atom is 0.0541 e. The van der Waals surface area contributed by atoms with Crippen molar-refractivity contribution in [1.82, 2.24) is 0 Å². The fraction of sp³-hybridized carbons (Fsp3) is 0.143. The van der Waals surface area contributed by atoms with Gasteiger partial charge < -0.3 is 12.4 Å². The average molecular weight is 341 g/mol. The summed E-state index contributed by atoms with van der Waals surface area (Å²) in [7, 11) is 2.06. The summed E-state index contributed by atoms with van der Waals surface area (Å²) >= 11 is 0. The Kier molecular flexibility index (Phi) is 6.39. The van der Waals surface area contributed by atoms with Gasteiger partial charge in [0.05, 0.1) is 6.16 Å². The molecule has 0 fully saturated rings. The van der Waals surface area contributed by atoms with E-state index in [4.69, 9.17) is 0 Å². The van der Waals surface area contributed by atoms with Crippen LogP contribution >= 0.6 is 9.24 Å². The summed E-state index contributed by atoms with van der Waals surface area (Å²) in [6.45, 7) is 0. The molecule has 0 aliphatic heterocycles. The van der Waals surface area contributed by atoms with Crippen LogP contribution < -0.4 is 12.4 Å². The van der Waals surface area contributed by atoms with E-state index in [-0.39, 0.29) is 17.8 Å². The lowest BCUT2D eigenvalue weighted by molar-refractivity contribution is -0.00000423. The molecule has 0 saturated heterocycles. The third-order valence-corrected chi connectivity index (χ3v) is 4.71. The molecule has 0 radical (unpaired) electrons. The van der Waals surface area contributed by atoms with Gasteiger partial charge in [0.2, 0.25) is 0 Å². The highest BCUT2D eigenvalue weighted by Crippen LogP contribution is 2.42. The van der Waals surface area contributed by atoms with Gasteiger partial charge in [0.25, 0.3) is 0 Å². The molecule has 0 bridgehead atoms. The Bertz CT molecular complexity index is 599. The Balaban J connectivity index is 0.00000192. The molecule has 118 valence electrons. The molecule has 0 N–H and O–H groups in total. The SMILES string of the molecule is [Cl-].[PH3+]CCC(c1ccccc1)(c1ccccc1)c1ccccc1. The standard InChI is InChI=1S/C21H21P.ClH/c22-17-16-21(18-10-4-1-5-11-18,19-12-6-2-7-13-19)20-14-8-3-9-15-20;/h1-15H,16-17,22H2;1H. The van der Waals surface area contributed by atoms with Crippen LogP contribution in [0.1, 0.15) is 23.1 Å². The van der Waals surface area contributed by atoms with Crippen LogP contribution in [-0.4, -0.2) is 6.16 Å². The van der Waals surface area contributed by atoms with Crippen molar-refractivity contribution < 1.29 is 12.4 Å². The number of benzene rings is 3. The summed E-state index contributed by atoms with van der Waals surface area (Å²) in [5.74, 6) is 0. The van der Waals surface area contributed by atoms with E-state index in [2.05, 4.69) is 100 Å². The van der Waals surface area contributed by atoms with E-state index >= 15 is 0 Å². The second-order valence-corrected chi connectivity index (χ2v) is 6.31.